The Kier molecular flexibility index (Phi) is 4.69. The normalized spacial score (nSPS) is 10.3. The van der Waals surface area contributed by atoms with E-state index in [9.17, 15) is 4.39 Å². The highest BCUT2D eigenvalue weighted by molar-refractivity contribution is 6.30. The third-order valence-electron chi connectivity index (χ3n) is 2.97. The molecule has 2 rings (SSSR count). The van der Waals surface area contributed by atoms with E-state index in [1.807, 2.05) is 24.3 Å². The minimum Gasteiger partial charge on any atom is -0.494 e. The Bertz CT molecular complexity index is 587. The monoisotopic (exact) mass is 294 g/mol. The molecular weight excluding hydrogens is 279 g/mol. The van der Waals surface area contributed by atoms with Gasteiger partial charge in [-0.3, -0.25) is 0 Å². The van der Waals surface area contributed by atoms with E-state index in [1.165, 1.54) is 13.2 Å². The Morgan fingerprint density at radius 1 is 1.25 bits per heavy atom. The maximum Gasteiger partial charge on any atom is 0.167 e. The molecule has 0 fully saturated rings. The summed E-state index contributed by atoms with van der Waals surface area (Å²) in [5.41, 5.74) is 7.96. The quantitative estimate of drug-likeness (QED) is 0.826. The van der Waals surface area contributed by atoms with Crippen LogP contribution >= 0.6 is 11.6 Å². The van der Waals surface area contributed by atoms with Crippen LogP contribution in [0.25, 0.3) is 0 Å². The summed E-state index contributed by atoms with van der Waals surface area (Å²) in [5.74, 6) is -0.290. The van der Waals surface area contributed by atoms with E-state index in [1.54, 1.807) is 6.07 Å². The van der Waals surface area contributed by atoms with Crippen LogP contribution in [0.15, 0.2) is 36.4 Å². The average molecular weight is 295 g/mol. The molecule has 0 aliphatic carbocycles. The molecule has 0 unspecified atom stereocenters. The highest BCUT2D eigenvalue weighted by Crippen LogP contribution is 2.27. The summed E-state index contributed by atoms with van der Waals surface area (Å²) in [6.45, 7) is 0.681. The molecule has 20 heavy (non-hydrogen) atoms. The molecule has 0 aromatic heterocycles. The number of anilines is 2. The number of hydrogen-bond acceptors (Lipinski definition) is 3. The van der Waals surface area contributed by atoms with Crippen molar-refractivity contribution in [2.45, 2.75) is 6.42 Å². The molecule has 5 heteroatoms. The molecule has 0 spiro atoms. The fraction of sp³-hybridized carbons (Fsp3) is 0.200. The molecule has 0 radical (unpaired) electrons. The van der Waals surface area contributed by atoms with E-state index in [0.29, 0.717) is 22.9 Å². The third kappa shape index (κ3) is 3.54. The minimum absolute atomic E-state index is 0.174. The lowest BCUT2D eigenvalue weighted by Crippen LogP contribution is -2.07. The summed E-state index contributed by atoms with van der Waals surface area (Å²) >= 11 is 5.83. The van der Waals surface area contributed by atoms with Gasteiger partial charge in [-0.2, -0.15) is 0 Å². The summed E-state index contributed by atoms with van der Waals surface area (Å²) in [5, 5.41) is 3.89. The van der Waals surface area contributed by atoms with Gasteiger partial charge in [-0.1, -0.05) is 23.7 Å². The Hall–Kier alpha value is -1.94. The first-order valence-corrected chi connectivity index (χ1v) is 6.59. The van der Waals surface area contributed by atoms with Gasteiger partial charge in [0.05, 0.1) is 18.5 Å². The van der Waals surface area contributed by atoms with Crippen molar-refractivity contribution < 1.29 is 9.13 Å². The molecule has 2 aromatic carbocycles. The predicted molar refractivity (Wildman–Crippen MR) is 81.0 cm³/mol. The second-order valence-electron chi connectivity index (χ2n) is 4.38. The molecule has 0 atom stereocenters. The maximum absolute atomic E-state index is 13.4. The first-order chi connectivity index (χ1) is 9.60. The number of methoxy groups -OCH3 is 1. The standard InChI is InChI=1S/C15H16ClFN2O/c1-20-15-9-14(13(18)8-12(15)17)19-7-6-10-2-4-11(16)5-3-10/h2-5,8-9,19H,6-7,18H2,1H3. The Morgan fingerprint density at radius 3 is 2.60 bits per heavy atom. The zero-order chi connectivity index (χ0) is 14.5. The molecule has 0 heterocycles. The molecule has 3 N–H and O–H groups in total. The summed E-state index contributed by atoms with van der Waals surface area (Å²) in [6.07, 6.45) is 0.816. The van der Waals surface area contributed by atoms with E-state index in [4.69, 9.17) is 22.1 Å². The van der Waals surface area contributed by atoms with Crippen LogP contribution in [0.1, 0.15) is 5.56 Å². The topological polar surface area (TPSA) is 47.3 Å². The number of ether oxygens (including phenoxy) is 1. The van der Waals surface area contributed by atoms with E-state index < -0.39 is 5.82 Å². The molecule has 0 saturated carbocycles. The average Bonchev–Trinajstić information content (AvgIpc) is 2.43. The van der Waals surface area contributed by atoms with Crippen LogP contribution in [0.5, 0.6) is 5.75 Å². The van der Waals surface area contributed by atoms with Gasteiger partial charge >= 0.3 is 0 Å². The van der Waals surface area contributed by atoms with Crippen molar-refractivity contribution in [1.82, 2.24) is 0 Å². The lowest BCUT2D eigenvalue weighted by atomic mass is 10.1. The van der Waals surface area contributed by atoms with Gasteiger partial charge in [0.25, 0.3) is 0 Å². The van der Waals surface area contributed by atoms with Crippen LogP contribution < -0.4 is 15.8 Å². The van der Waals surface area contributed by atoms with E-state index >= 15 is 0 Å². The number of benzene rings is 2. The molecule has 2 aromatic rings. The number of nitrogens with two attached hydrogens (primary N) is 1. The van der Waals surface area contributed by atoms with E-state index in [0.717, 1.165) is 12.0 Å². The smallest absolute Gasteiger partial charge is 0.167 e. The van der Waals surface area contributed by atoms with Crippen LogP contribution in [-0.4, -0.2) is 13.7 Å². The van der Waals surface area contributed by atoms with Crippen molar-refractivity contribution in [3.63, 3.8) is 0 Å². The largest absolute Gasteiger partial charge is 0.494 e. The lowest BCUT2D eigenvalue weighted by molar-refractivity contribution is 0.387. The van der Waals surface area contributed by atoms with Gasteiger partial charge in [-0.25, -0.2) is 4.39 Å². The molecular formula is C15H16ClFN2O. The van der Waals surface area contributed by atoms with Crippen molar-refractivity contribution >= 4 is 23.0 Å². The minimum atomic E-state index is -0.465. The van der Waals surface area contributed by atoms with Crippen molar-refractivity contribution in [2.24, 2.45) is 0 Å². The predicted octanol–water partition coefficient (Wildman–Crippen LogP) is 3.72. The number of nitrogen functional groups attached to an aromatic ring is 1. The van der Waals surface area contributed by atoms with E-state index in [2.05, 4.69) is 5.32 Å². The SMILES string of the molecule is COc1cc(NCCc2ccc(Cl)cc2)c(N)cc1F. The summed E-state index contributed by atoms with van der Waals surface area (Å²) in [4.78, 5) is 0. The Morgan fingerprint density at radius 2 is 1.95 bits per heavy atom. The summed E-state index contributed by atoms with van der Waals surface area (Å²) in [7, 11) is 1.42. The van der Waals surface area contributed by atoms with Gasteiger partial charge in [-0.15, -0.1) is 0 Å². The van der Waals surface area contributed by atoms with Crippen LogP contribution in [0.4, 0.5) is 15.8 Å². The number of hydrogen-bond donors (Lipinski definition) is 2. The Balaban J connectivity index is 1.98. The summed E-state index contributed by atoms with van der Waals surface area (Å²) in [6, 6.07) is 10.5. The van der Waals surface area contributed by atoms with Crippen molar-refractivity contribution in [3.8, 4) is 5.75 Å². The highest BCUT2D eigenvalue weighted by atomic mass is 35.5. The molecule has 3 nitrogen and oxygen atoms in total. The molecule has 0 aliphatic heterocycles. The van der Waals surface area contributed by atoms with Crippen LogP contribution in [0, 0.1) is 5.82 Å². The van der Waals surface area contributed by atoms with E-state index in [-0.39, 0.29) is 5.75 Å². The number of halogens is 2. The molecule has 0 saturated heterocycles. The van der Waals surface area contributed by atoms with Gasteiger partial charge in [0.2, 0.25) is 0 Å². The molecule has 0 amide bonds. The fourth-order valence-corrected chi connectivity index (χ4v) is 2.00. The Labute approximate surface area is 122 Å². The molecule has 0 aliphatic rings. The van der Waals surface area contributed by atoms with Gasteiger partial charge in [0, 0.05) is 23.7 Å². The second kappa shape index (κ2) is 6.48. The fourth-order valence-electron chi connectivity index (χ4n) is 1.87. The van der Waals surface area contributed by atoms with Gasteiger partial charge < -0.3 is 15.8 Å². The number of nitrogens with one attached hydrogen (secondary N) is 1. The maximum atomic E-state index is 13.4. The van der Waals surface area contributed by atoms with Crippen LogP contribution in [0.2, 0.25) is 5.02 Å². The van der Waals surface area contributed by atoms with Crippen molar-refractivity contribution in [1.29, 1.82) is 0 Å². The molecule has 106 valence electrons. The number of rotatable bonds is 5. The zero-order valence-corrected chi connectivity index (χ0v) is 11.9. The highest BCUT2D eigenvalue weighted by Gasteiger charge is 2.07. The van der Waals surface area contributed by atoms with Gasteiger partial charge in [0.1, 0.15) is 0 Å². The van der Waals surface area contributed by atoms with Crippen molar-refractivity contribution in [2.75, 3.05) is 24.7 Å². The van der Waals surface area contributed by atoms with Gasteiger partial charge in [-0.05, 0) is 24.1 Å². The second-order valence-corrected chi connectivity index (χ2v) is 4.81. The first kappa shape index (κ1) is 14.5. The van der Waals surface area contributed by atoms with Crippen LogP contribution in [0.3, 0.4) is 0 Å². The van der Waals surface area contributed by atoms with Crippen molar-refractivity contribution in [3.05, 3.63) is 52.8 Å². The first-order valence-electron chi connectivity index (χ1n) is 6.21. The van der Waals surface area contributed by atoms with Gasteiger partial charge in [0.15, 0.2) is 11.6 Å². The zero-order valence-electron chi connectivity index (χ0n) is 11.1. The molecule has 0 bridgehead atoms. The summed E-state index contributed by atoms with van der Waals surface area (Å²) < 4.78 is 18.3. The third-order valence-corrected chi connectivity index (χ3v) is 3.22. The lowest BCUT2D eigenvalue weighted by Gasteiger charge is -2.12. The van der Waals surface area contributed by atoms with Crippen LogP contribution in [-0.2, 0) is 6.42 Å².